The zero-order chi connectivity index (χ0) is 18.6. The molecule has 1 saturated heterocycles. The third-order valence-corrected chi connectivity index (χ3v) is 4.82. The summed E-state index contributed by atoms with van der Waals surface area (Å²) in [6.45, 7) is 3.65. The van der Waals surface area contributed by atoms with Crippen molar-refractivity contribution < 1.29 is 29.0 Å². The van der Waals surface area contributed by atoms with E-state index in [0.717, 1.165) is 25.7 Å². The summed E-state index contributed by atoms with van der Waals surface area (Å²) >= 11 is 0. The maximum atomic E-state index is 12.9. The Kier molecular flexibility index (Phi) is 6.64. The highest BCUT2D eigenvalue weighted by Gasteiger charge is 2.43. The predicted molar refractivity (Wildman–Crippen MR) is 88.6 cm³/mol. The third kappa shape index (κ3) is 4.84. The molecular formula is C17H28N2O6. The first-order chi connectivity index (χ1) is 11.8. The second-order valence-electron chi connectivity index (χ2n) is 7.10. The number of rotatable bonds is 5. The molecule has 0 unspecified atom stereocenters. The minimum absolute atomic E-state index is 0.0428. The minimum atomic E-state index is -0.832. The van der Waals surface area contributed by atoms with Crippen LogP contribution in [0.15, 0.2) is 0 Å². The molecular weight excluding hydrogens is 328 g/mol. The number of β-amino-alcohol motifs (C(OH)–C–C–N with tert-alkyl or cyclic N) is 1. The molecule has 8 heteroatoms. The number of carbonyl (C=O) groups is 3. The van der Waals surface area contributed by atoms with Gasteiger partial charge in [0.15, 0.2) is 0 Å². The van der Waals surface area contributed by atoms with E-state index in [1.807, 2.05) is 0 Å². The number of likely N-dealkylation sites (tertiary alicyclic amines) is 1. The van der Waals surface area contributed by atoms with Crippen molar-refractivity contribution >= 4 is 18.0 Å². The zero-order valence-electron chi connectivity index (χ0n) is 15.1. The molecule has 0 spiro atoms. The van der Waals surface area contributed by atoms with Gasteiger partial charge in [0.05, 0.1) is 13.2 Å². The standard InChI is InChI=1S/C17H28N2O6/c1-10(2)14(18-17(23)25-12-6-4-5-7-12)15(21)19-9-11(20)8-13(19)16(22)24-3/h10-14,20H,4-9H2,1-3H3,(H,18,23)/t11-,13-,14-/m0/s1. The summed E-state index contributed by atoms with van der Waals surface area (Å²) in [6.07, 6.45) is 2.40. The lowest BCUT2D eigenvalue weighted by atomic mass is 10.0. The van der Waals surface area contributed by atoms with Crippen molar-refractivity contribution in [3.63, 3.8) is 0 Å². The Bertz CT molecular complexity index is 503. The van der Waals surface area contributed by atoms with Gasteiger partial charge in [-0.25, -0.2) is 9.59 Å². The molecule has 0 aromatic heterocycles. The molecule has 1 aliphatic heterocycles. The molecule has 1 heterocycles. The maximum Gasteiger partial charge on any atom is 0.408 e. The molecule has 0 radical (unpaired) electrons. The molecule has 25 heavy (non-hydrogen) atoms. The first-order valence-electron chi connectivity index (χ1n) is 8.87. The minimum Gasteiger partial charge on any atom is -0.467 e. The molecule has 2 aliphatic rings. The van der Waals surface area contributed by atoms with Gasteiger partial charge in [-0.05, 0) is 31.6 Å². The van der Waals surface area contributed by atoms with Crippen molar-refractivity contribution in [1.29, 1.82) is 0 Å². The molecule has 1 saturated carbocycles. The highest BCUT2D eigenvalue weighted by atomic mass is 16.6. The van der Waals surface area contributed by atoms with E-state index in [4.69, 9.17) is 9.47 Å². The lowest BCUT2D eigenvalue weighted by molar-refractivity contribution is -0.152. The van der Waals surface area contributed by atoms with Gasteiger partial charge in [0.1, 0.15) is 18.2 Å². The first-order valence-corrected chi connectivity index (χ1v) is 8.87. The van der Waals surface area contributed by atoms with Crippen molar-refractivity contribution in [3.8, 4) is 0 Å². The average molecular weight is 356 g/mol. The summed E-state index contributed by atoms with van der Waals surface area (Å²) in [5.41, 5.74) is 0. The van der Waals surface area contributed by atoms with E-state index in [1.165, 1.54) is 12.0 Å². The van der Waals surface area contributed by atoms with Gasteiger partial charge in [0.2, 0.25) is 5.91 Å². The SMILES string of the molecule is COC(=O)[C@@H]1C[C@H](O)CN1C(=O)[C@@H](NC(=O)OC1CCCC1)C(C)C. The van der Waals surface area contributed by atoms with Crippen molar-refractivity contribution in [1.82, 2.24) is 10.2 Å². The van der Waals surface area contributed by atoms with Gasteiger partial charge < -0.3 is 24.8 Å². The Balaban J connectivity index is 2.03. The van der Waals surface area contributed by atoms with Crippen LogP contribution in [0.3, 0.4) is 0 Å². The fourth-order valence-electron chi connectivity index (χ4n) is 3.43. The van der Waals surface area contributed by atoms with Gasteiger partial charge in [-0.1, -0.05) is 13.8 Å². The molecule has 2 N–H and O–H groups in total. The van der Waals surface area contributed by atoms with Crippen molar-refractivity contribution in [2.24, 2.45) is 5.92 Å². The molecule has 0 aromatic carbocycles. The number of nitrogens with one attached hydrogen (secondary N) is 1. The number of esters is 1. The molecule has 142 valence electrons. The number of aliphatic hydroxyl groups excluding tert-OH is 1. The second-order valence-corrected chi connectivity index (χ2v) is 7.10. The van der Waals surface area contributed by atoms with Crippen LogP contribution in [-0.2, 0) is 19.1 Å². The Morgan fingerprint density at radius 1 is 1.20 bits per heavy atom. The van der Waals surface area contributed by atoms with Gasteiger partial charge in [0.25, 0.3) is 0 Å². The summed E-state index contributed by atoms with van der Waals surface area (Å²) in [4.78, 5) is 38.2. The van der Waals surface area contributed by atoms with Crippen molar-refractivity contribution in [2.45, 2.75) is 70.2 Å². The monoisotopic (exact) mass is 356 g/mol. The number of hydrogen-bond donors (Lipinski definition) is 2. The first kappa shape index (κ1) is 19.5. The average Bonchev–Trinajstić information content (AvgIpc) is 3.20. The number of hydrogen-bond acceptors (Lipinski definition) is 6. The summed E-state index contributed by atoms with van der Waals surface area (Å²) in [5.74, 6) is -1.18. The van der Waals surface area contributed by atoms with E-state index >= 15 is 0 Å². The lowest BCUT2D eigenvalue weighted by Crippen LogP contribution is -2.54. The van der Waals surface area contributed by atoms with Crippen LogP contribution < -0.4 is 5.32 Å². The van der Waals surface area contributed by atoms with Gasteiger partial charge in [-0.3, -0.25) is 4.79 Å². The molecule has 2 amide bonds. The van der Waals surface area contributed by atoms with Crippen LogP contribution in [0.4, 0.5) is 4.79 Å². The Hall–Kier alpha value is -1.83. The van der Waals surface area contributed by atoms with Crippen LogP contribution >= 0.6 is 0 Å². The molecule has 0 aromatic rings. The maximum absolute atomic E-state index is 12.9. The number of alkyl carbamates (subject to hydrolysis) is 1. The van der Waals surface area contributed by atoms with Gasteiger partial charge >= 0.3 is 12.1 Å². The Labute approximate surface area is 147 Å². The fourth-order valence-corrected chi connectivity index (χ4v) is 3.43. The topological polar surface area (TPSA) is 105 Å². The Morgan fingerprint density at radius 2 is 1.84 bits per heavy atom. The van der Waals surface area contributed by atoms with Gasteiger partial charge in [-0.15, -0.1) is 0 Å². The van der Waals surface area contributed by atoms with E-state index in [1.54, 1.807) is 13.8 Å². The third-order valence-electron chi connectivity index (χ3n) is 4.82. The number of aliphatic hydroxyl groups is 1. The fraction of sp³-hybridized carbons (Fsp3) is 0.824. The summed E-state index contributed by atoms with van der Waals surface area (Å²) in [6, 6.07) is -1.66. The molecule has 2 rings (SSSR count). The summed E-state index contributed by atoms with van der Waals surface area (Å²) < 4.78 is 10.1. The normalized spacial score (nSPS) is 25.1. The number of nitrogens with zero attached hydrogens (tertiary/aromatic N) is 1. The van der Waals surface area contributed by atoms with Gasteiger partial charge in [0, 0.05) is 13.0 Å². The lowest BCUT2D eigenvalue weighted by Gasteiger charge is -2.29. The second kappa shape index (κ2) is 8.51. The largest absolute Gasteiger partial charge is 0.467 e. The van der Waals surface area contributed by atoms with E-state index in [9.17, 15) is 19.5 Å². The highest BCUT2D eigenvalue weighted by molar-refractivity contribution is 5.90. The van der Waals surface area contributed by atoms with Crippen LogP contribution in [0.5, 0.6) is 0 Å². The zero-order valence-corrected chi connectivity index (χ0v) is 15.1. The highest BCUT2D eigenvalue weighted by Crippen LogP contribution is 2.23. The molecule has 2 fully saturated rings. The van der Waals surface area contributed by atoms with Crippen LogP contribution in [0, 0.1) is 5.92 Å². The van der Waals surface area contributed by atoms with Crippen LogP contribution in [0.2, 0.25) is 0 Å². The molecule has 0 bridgehead atoms. The van der Waals surface area contributed by atoms with Crippen LogP contribution in [0.1, 0.15) is 46.0 Å². The predicted octanol–water partition coefficient (Wildman–Crippen LogP) is 0.815. The number of carbonyl (C=O) groups excluding carboxylic acids is 3. The number of methoxy groups -OCH3 is 1. The smallest absolute Gasteiger partial charge is 0.408 e. The van der Waals surface area contributed by atoms with E-state index in [2.05, 4.69) is 5.32 Å². The Morgan fingerprint density at radius 3 is 2.40 bits per heavy atom. The molecule has 3 atom stereocenters. The summed E-state index contributed by atoms with van der Waals surface area (Å²) in [7, 11) is 1.24. The van der Waals surface area contributed by atoms with Crippen molar-refractivity contribution in [3.05, 3.63) is 0 Å². The molecule has 8 nitrogen and oxygen atoms in total. The van der Waals surface area contributed by atoms with Crippen LogP contribution in [-0.4, -0.2) is 65.9 Å². The number of ether oxygens (including phenoxy) is 2. The molecule has 1 aliphatic carbocycles. The van der Waals surface area contributed by atoms with Crippen molar-refractivity contribution in [2.75, 3.05) is 13.7 Å². The quantitative estimate of drug-likeness (QED) is 0.707. The van der Waals surface area contributed by atoms with Crippen LogP contribution in [0.25, 0.3) is 0 Å². The van der Waals surface area contributed by atoms with Gasteiger partial charge in [-0.2, -0.15) is 0 Å². The summed E-state index contributed by atoms with van der Waals surface area (Å²) in [5, 5.41) is 12.5. The van der Waals surface area contributed by atoms with E-state index in [0.29, 0.717) is 0 Å². The van der Waals surface area contributed by atoms with E-state index in [-0.39, 0.29) is 25.0 Å². The van der Waals surface area contributed by atoms with E-state index < -0.39 is 36.2 Å². The number of amides is 2.